The van der Waals surface area contributed by atoms with E-state index >= 15 is 0 Å². The van der Waals surface area contributed by atoms with Crippen LogP contribution in [0.4, 0.5) is 10.5 Å². The van der Waals surface area contributed by atoms with Gasteiger partial charge in [-0.1, -0.05) is 18.2 Å². The standard InChI is InChI=1S/C12H12N2O4/c15-10(16)7-6-9-11(17)14(12(18)13-9)8-4-2-1-3-5-8/h1-5,9H,6-7H2,(H,13,18)(H,15,16)/t9-/m1/s1. The van der Waals surface area contributed by atoms with Crippen LogP contribution in [0.25, 0.3) is 0 Å². The number of urea groups is 1. The number of nitrogens with zero attached hydrogens (tertiary/aromatic N) is 1. The number of hydrogen-bond acceptors (Lipinski definition) is 3. The molecule has 18 heavy (non-hydrogen) atoms. The second-order valence-corrected chi connectivity index (χ2v) is 3.94. The van der Waals surface area contributed by atoms with Crippen LogP contribution in [0.1, 0.15) is 12.8 Å². The van der Waals surface area contributed by atoms with Crippen molar-refractivity contribution in [3.05, 3.63) is 30.3 Å². The van der Waals surface area contributed by atoms with Crippen LogP contribution in [0.5, 0.6) is 0 Å². The number of hydrogen-bond donors (Lipinski definition) is 2. The van der Waals surface area contributed by atoms with Gasteiger partial charge in [0.1, 0.15) is 6.04 Å². The minimum atomic E-state index is -0.991. The van der Waals surface area contributed by atoms with Gasteiger partial charge in [0, 0.05) is 6.42 Å². The molecule has 0 unspecified atom stereocenters. The number of nitrogens with one attached hydrogen (secondary N) is 1. The molecule has 1 aliphatic rings. The van der Waals surface area contributed by atoms with Crippen molar-refractivity contribution in [3.8, 4) is 0 Å². The molecule has 1 aromatic rings. The fraction of sp³-hybridized carbons (Fsp3) is 0.250. The molecule has 6 nitrogen and oxygen atoms in total. The van der Waals surface area contributed by atoms with E-state index in [1.54, 1.807) is 30.3 Å². The van der Waals surface area contributed by atoms with Crippen molar-refractivity contribution < 1.29 is 19.5 Å². The van der Waals surface area contributed by atoms with Gasteiger partial charge in [-0.05, 0) is 18.6 Å². The number of para-hydroxylation sites is 1. The normalized spacial score (nSPS) is 18.9. The zero-order chi connectivity index (χ0) is 13.1. The van der Waals surface area contributed by atoms with E-state index in [9.17, 15) is 14.4 Å². The molecule has 0 saturated carbocycles. The van der Waals surface area contributed by atoms with Crippen LogP contribution in [0.3, 0.4) is 0 Å². The first kappa shape index (κ1) is 12.1. The summed E-state index contributed by atoms with van der Waals surface area (Å²) in [7, 11) is 0. The number of aliphatic carboxylic acids is 1. The van der Waals surface area contributed by atoms with Gasteiger partial charge in [0.05, 0.1) is 5.69 Å². The third kappa shape index (κ3) is 2.32. The minimum absolute atomic E-state index is 0.100. The molecule has 0 aromatic heterocycles. The minimum Gasteiger partial charge on any atom is -0.481 e. The summed E-state index contributed by atoms with van der Waals surface area (Å²) in [6.45, 7) is 0. The van der Waals surface area contributed by atoms with E-state index in [0.717, 1.165) is 4.90 Å². The summed E-state index contributed by atoms with van der Waals surface area (Å²) < 4.78 is 0. The summed E-state index contributed by atoms with van der Waals surface area (Å²) in [4.78, 5) is 35.2. The highest BCUT2D eigenvalue weighted by Crippen LogP contribution is 2.20. The van der Waals surface area contributed by atoms with Gasteiger partial charge in [-0.25, -0.2) is 9.69 Å². The molecule has 0 bridgehead atoms. The molecular formula is C12H12N2O4. The third-order valence-electron chi connectivity index (χ3n) is 2.68. The maximum Gasteiger partial charge on any atom is 0.329 e. The SMILES string of the molecule is O=C(O)CC[C@H]1NC(=O)N(c2ccccc2)C1=O. The van der Waals surface area contributed by atoms with Crippen LogP contribution >= 0.6 is 0 Å². The number of amides is 3. The van der Waals surface area contributed by atoms with Gasteiger partial charge < -0.3 is 10.4 Å². The summed E-state index contributed by atoms with van der Waals surface area (Å²) in [5.74, 6) is -1.40. The lowest BCUT2D eigenvalue weighted by Gasteiger charge is -2.12. The Kier molecular flexibility index (Phi) is 3.27. The number of carboxylic acids is 1. The lowest BCUT2D eigenvalue weighted by molar-refractivity contribution is -0.137. The second-order valence-electron chi connectivity index (χ2n) is 3.94. The van der Waals surface area contributed by atoms with Gasteiger partial charge in [0.15, 0.2) is 0 Å². The zero-order valence-corrected chi connectivity index (χ0v) is 9.50. The van der Waals surface area contributed by atoms with Gasteiger partial charge in [0.25, 0.3) is 5.91 Å². The van der Waals surface area contributed by atoms with Crippen LogP contribution in [0.2, 0.25) is 0 Å². The Morgan fingerprint density at radius 1 is 1.28 bits per heavy atom. The van der Waals surface area contributed by atoms with E-state index in [2.05, 4.69) is 5.32 Å². The van der Waals surface area contributed by atoms with Crippen molar-refractivity contribution >= 4 is 23.6 Å². The smallest absolute Gasteiger partial charge is 0.329 e. The van der Waals surface area contributed by atoms with E-state index in [1.165, 1.54) is 0 Å². The average molecular weight is 248 g/mol. The summed E-state index contributed by atoms with van der Waals surface area (Å²) in [5.41, 5.74) is 0.484. The first-order chi connectivity index (χ1) is 8.59. The van der Waals surface area contributed by atoms with Crippen molar-refractivity contribution in [3.63, 3.8) is 0 Å². The Morgan fingerprint density at radius 2 is 1.94 bits per heavy atom. The molecule has 0 spiro atoms. The molecule has 94 valence electrons. The van der Waals surface area contributed by atoms with E-state index in [0.29, 0.717) is 5.69 Å². The first-order valence-electron chi connectivity index (χ1n) is 5.51. The average Bonchev–Trinajstić information content (AvgIpc) is 2.63. The van der Waals surface area contributed by atoms with Gasteiger partial charge in [-0.3, -0.25) is 9.59 Å². The highest BCUT2D eigenvalue weighted by Gasteiger charge is 2.38. The predicted octanol–water partition coefficient (Wildman–Crippen LogP) is 0.976. The fourth-order valence-electron chi connectivity index (χ4n) is 1.82. The third-order valence-corrected chi connectivity index (χ3v) is 2.68. The van der Waals surface area contributed by atoms with E-state index in [-0.39, 0.29) is 12.8 Å². The molecule has 1 aliphatic heterocycles. The van der Waals surface area contributed by atoms with Crippen LogP contribution < -0.4 is 10.2 Å². The molecule has 6 heteroatoms. The number of carbonyl (C=O) groups is 3. The van der Waals surface area contributed by atoms with Crippen molar-refractivity contribution in [2.45, 2.75) is 18.9 Å². The highest BCUT2D eigenvalue weighted by atomic mass is 16.4. The van der Waals surface area contributed by atoms with E-state index in [4.69, 9.17) is 5.11 Å². The highest BCUT2D eigenvalue weighted by molar-refractivity contribution is 6.21. The molecule has 1 heterocycles. The molecular weight excluding hydrogens is 236 g/mol. The predicted molar refractivity (Wildman–Crippen MR) is 63.1 cm³/mol. The lowest BCUT2D eigenvalue weighted by atomic mass is 10.1. The number of rotatable bonds is 4. The number of carboxylic acid groups (broad SMARTS) is 1. The van der Waals surface area contributed by atoms with Gasteiger partial charge in [0.2, 0.25) is 0 Å². The second kappa shape index (κ2) is 4.87. The number of benzene rings is 1. The summed E-state index contributed by atoms with van der Waals surface area (Å²) in [6, 6.07) is 7.26. The zero-order valence-electron chi connectivity index (χ0n) is 9.50. The van der Waals surface area contributed by atoms with Crippen LogP contribution in [0, 0.1) is 0 Å². The summed E-state index contributed by atoms with van der Waals surface area (Å²) in [6.07, 6.45) is -0.0530. The molecule has 2 rings (SSSR count). The Labute approximate surface area is 103 Å². The van der Waals surface area contributed by atoms with Gasteiger partial charge in [-0.15, -0.1) is 0 Å². The monoisotopic (exact) mass is 248 g/mol. The Balaban J connectivity index is 2.12. The molecule has 1 aromatic carbocycles. The Bertz CT molecular complexity index is 486. The quantitative estimate of drug-likeness (QED) is 0.777. The van der Waals surface area contributed by atoms with Crippen molar-refractivity contribution in [2.75, 3.05) is 4.90 Å². The molecule has 0 aliphatic carbocycles. The van der Waals surface area contributed by atoms with Gasteiger partial charge in [-0.2, -0.15) is 0 Å². The summed E-state index contributed by atoms with van der Waals surface area (Å²) in [5, 5.41) is 11.1. The fourth-order valence-corrected chi connectivity index (χ4v) is 1.82. The number of imide groups is 1. The molecule has 0 radical (unpaired) electrons. The Morgan fingerprint density at radius 3 is 2.56 bits per heavy atom. The van der Waals surface area contributed by atoms with Crippen molar-refractivity contribution in [1.82, 2.24) is 5.32 Å². The van der Waals surface area contributed by atoms with E-state index < -0.39 is 23.9 Å². The first-order valence-corrected chi connectivity index (χ1v) is 5.51. The largest absolute Gasteiger partial charge is 0.481 e. The van der Waals surface area contributed by atoms with Crippen molar-refractivity contribution in [1.29, 1.82) is 0 Å². The maximum absolute atomic E-state index is 12.0. The number of anilines is 1. The van der Waals surface area contributed by atoms with Crippen LogP contribution in [0.15, 0.2) is 30.3 Å². The van der Waals surface area contributed by atoms with Crippen LogP contribution in [-0.2, 0) is 9.59 Å². The molecule has 1 atom stereocenters. The number of carbonyl (C=O) groups excluding carboxylic acids is 2. The molecule has 2 N–H and O–H groups in total. The molecule has 1 saturated heterocycles. The van der Waals surface area contributed by atoms with E-state index in [1.807, 2.05) is 0 Å². The van der Waals surface area contributed by atoms with Crippen molar-refractivity contribution in [2.24, 2.45) is 0 Å². The molecule has 3 amide bonds. The Hall–Kier alpha value is -2.37. The lowest BCUT2D eigenvalue weighted by Crippen LogP contribution is -2.31. The summed E-state index contributed by atoms with van der Waals surface area (Å²) >= 11 is 0. The van der Waals surface area contributed by atoms with Gasteiger partial charge >= 0.3 is 12.0 Å². The van der Waals surface area contributed by atoms with Crippen LogP contribution in [-0.4, -0.2) is 29.1 Å². The topological polar surface area (TPSA) is 86.7 Å². The molecule has 1 fully saturated rings. The maximum atomic E-state index is 12.0.